The number of anilines is 1. The molecule has 0 saturated heterocycles. The summed E-state index contributed by atoms with van der Waals surface area (Å²) in [5.74, 6) is 0. The van der Waals surface area contributed by atoms with Crippen molar-refractivity contribution in [2.45, 2.75) is 19.4 Å². The molecule has 0 radical (unpaired) electrons. The summed E-state index contributed by atoms with van der Waals surface area (Å²) in [6.07, 6.45) is 0.699. The van der Waals surface area contributed by atoms with Gasteiger partial charge in [-0.25, -0.2) is 0 Å². The van der Waals surface area contributed by atoms with Gasteiger partial charge < -0.3 is 10.4 Å². The molecule has 0 amide bonds. The predicted octanol–water partition coefficient (Wildman–Crippen LogP) is 4.05. The highest BCUT2D eigenvalue weighted by Gasteiger charge is 2.05. The summed E-state index contributed by atoms with van der Waals surface area (Å²) < 4.78 is 0. The number of benzene rings is 2. The van der Waals surface area contributed by atoms with Gasteiger partial charge in [-0.05, 0) is 48.7 Å². The maximum atomic E-state index is 8.88. The molecule has 2 nitrogen and oxygen atoms in total. The molecule has 0 bridgehead atoms. The summed E-state index contributed by atoms with van der Waals surface area (Å²) in [6, 6.07) is 16.2. The highest BCUT2D eigenvalue weighted by molar-refractivity contribution is 6.30. The van der Waals surface area contributed by atoms with E-state index in [1.807, 2.05) is 42.5 Å². The van der Waals surface area contributed by atoms with Gasteiger partial charge in [0.1, 0.15) is 0 Å². The maximum Gasteiger partial charge on any atom is 0.0486 e. The van der Waals surface area contributed by atoms with E-state index in [9.17, 15) is 0 Å². The van der Waals surface area contributed by atoms with Gasteiger partial charge in [0.25, 0.3) is 0 Å². The molecule has 3 heteroatoms. The van der Waals surface area contributed by atoms with E-state index < -0.39 is 0 Å². The van der Waals surface area contributed by atoms with Gasteiger partial charge in [-0.1, -0.05) is 35.9 Å². The number of hydrogen-bond donors (Lipinski definition) is 2. The Kier molecular flexibility index (Phi) is 4.83. The van der Waals surface area contributed by atoms with Crippen LogP contribution in [-0.2, 0) is 6.42 Å². The molecule has 2 N–H and O–H groups in total. The molecule has 0 spiro atoms. The highest BCUT2D eigenvalue weighted by Crippen LogP contribution is 2.22. The molecule has 0 aromatic heterocycles. The third-order valence-electron chi connectivity index (χ3n) is 3.09. The van der Waals surface area contributed by atoms with Crippen LogP contribution in [0, 0.1) is 0 Å². The number of aliphatic hydroxyl groups excluding tert-OH is 1. The maximum absolute atomic E-state index is 8.88. The fourth-order valence-corrected chi connectivity index (χ4v) is 2.20. The Hall–Kier alpha value is -1.51. The van der Waals surface area contributed by atoms with E-state index in [4.69, 9.17) is 16.7 Å². The SMILES string of the molecule is CC(Nc1ccc(CCO)cc1)c1cccc(Cl)c1. The highest BCUT2D eigenvalue weighted by atomic mass is 35.5. The van der Waals surface area contributed by atoms with E-state index in [1.54, 1.807) is 0 Å². The largest absolute Gasteiger partial charge is 0.396 e. The molecule has 0 heterocycles. The molecule has 0 aliphatic carbocycles. The van der Waals surface area contributed by atoms with E-state index in [-0.39, 0.29) is 12.6 Å². The molecule has 1 unspecified atom stereocenters. The first-order valence-corrected chi connectivity index (χ1v) is 6.78. The molecule has 2 aromatic carbocycles. The van der Waals surface area contributed by atoms with E-state index >= 15 is 0 Å². The number of aliphatic hydroxyl groups is 1. The molecule has 19 heavy (non-hydrogen) atoms. The Bertz CT molecular complexity index is 525. The predicted molar refractivity (Wildman–Crippen MR) is 80.7 cm³/mol. The first-order valence-electron chi connectivity index (χ1n) is 6.41. The molecule has 2 rings (SSSR count). The van der Waals surface area contributed by atoms with Crippen LogP contribution in [0.25, 0.3) is 0 Å². The summed E-state index contributed by atoms with van der Waals surface area (Å²) in [5.41, 5.74) is 3.37. The minimum absolute atomic E-state index is 0.186. The molecule has 0 aliphatic rings. The van der Waals surface area contributed by atoms with Crippen LogP contribution in [0.1, 0.15) is 24.1 Å². The van der Waals surface area contributed by atoms with E-state index in [0.29, 0.717) is 6.42 Å². The molecule has 0 saturated carbocycles. The summed E-state index contributed by atoms with van der Waals surface area (Å²) in [4.78, 5) is 0. The Balaban J connectivity index is 2.04. The molecule has 100 valence electrons. The van der Waals surface area contributed by atoms with Crippen molar-refractivity contribution in [3.05, 3.63) is 64.7 Å². The average Bonchev–Trinajstić information content (AvgIpc) is 2.41. The van der Waals surface area contributed by atoms with Crippen molar-refractivity contribution in [3.63, 3.8) is 0 Å². The third kappa shape index (κ3) is 3.98. The van der Waals surface area contributed by atoms with E-state index in [0.717, 1.165) is 21.8 Å². The van der Waals surface area contributed by atoms with Gasteiger partial charge in [0, 0.05) is 23.4 Å². The molecule has 2 aromatic rings. The van der Waals surface area contributed by atoms with E-state index in [1.165, 1.54) is 0 Å². The second-order valence-electron chi connectivity index (χ2n) is 4.59. The molecular weight excluding hydrogens is 258 g/mol. The normalized spacial score (nSPS) is 12.2. The number of nitrogens with one attached hydrogen (secondary N) is 1. The van der Waals surface area contributed by atoms with Gasteiger partial charge >= 0.3 is 0 Å². The van der Waals surface area contributed by atoms with Crippen molar-refractivity contribution in [1.82, 2.24) is 0 Å². The van der Waals surface area contributed by atoms with Crippen molar-refractivity contribution < 1.29 is 5.11 Å². The lowest BCUT2D eigenvalue weighted by Gasteiger charge is -2.16. The van der Waals surface area contributed by atoms with Crippen LogP contribution < -0.4 is 5.32 Å². The monoisotopic (exact) mass is 275 g/mol. The fraction of sp³-hybridized carbons (Fsp3) is 0.250. The van der Waals surface area contributed by atoms with Gasteiger partial charge in [0.15, 0.2) is 0 Å². The van der Waals surface area contributed by atoms with Gasteiger partial charge in [-0.3, -0.25) is 0 Å². The number of hydrogen-bond acceptors (Lipinski definition) is 2. The summed E-state index contributed by atoms with van der Waals surface area (Å²) in [7, 11) is 0. The zero-order chi connectivity index (χ0) is 13.7. The smallest absolute Gasteiger partial charge is 0.0486 e. The summed E-state index contributed by atoms with van der Waals surface area (Å²) in [5, 5.41) is 13.1. The first kappa shape index (κ1) is 13.9. The number of rotatable bonds is 5. The van der Waals surface area contributed by atoms with E-state index in [2.05, 4.69) is 18.3 Å². The molecule has 1 atom stereocenters. The lowest BCUT2D eigenvalue weighted by Crippen LogP contribution is -2.06. The summed E-state index contributed by atoms with van der Waals surface area (Å²) >= 11 is 6.00. The van der Waals surface area contributed by atoms with Crippen molar-refractivity contribution in [1.29, 1.82) is 0 Å². The zero-order valence-electron chi connectivity index (χ0n) is 10.9. The van der Waals surface area contributed by atoms with Gasteiger partial charge in [-0.15, -0.1) is 0 Å². The number of halogens is 1. The Morgan fingerprint density at radius 2 is 1.89 bits per heavy atom. The second kappa shape index (κ2) is 6.60. The average molecular weight is 276 g/mol. The minimum atomic E-state index is 0.186. The fourth-order valence-electron chi connectivity index (χ4n) is 2.01. The standard InChI is InChI=1S/C16H18ClNO/c1-12(14-3-2-4-15(17)11-14)18-16-7-5-13(6-8-16)9-10-19/h2-8,11-12,18-19H,9-10H2,1H3. The molecular formula is C16H18ClNO. The van der Waals surface area contributed by atoms with Crippen LogP contribution in [0.15, 0.2) is 48.5 Å². The van der Waals surface area contributed by atoms with Crippen LogP contribution in [0.2, 0.25) is 5.02 Å². The van der Waals surface area contributed by atoms with Crippen molar-refractivity contribution in [2.75, 3.05) is 11.9 Å². The van der Waals surface area contributed by atoms with Gasteiger partial charge in [0.2, 0.25) is 0 Å². The van der Waals surface area contributed by atoms with Crippen LogP contribution in [-0.4, -0.2) is 11.7 Å². The zero-order valence-corrected chi connectivity index (χ0v) is 11.7. The first-order chi connectivity index (χ1) is 9.19. The Morgan fingerprint density at radius 1 is 1.16 bits per heavy atom. The third-order valence-corrected chi connectivity index (χ3v) is 3.32. The second-order valence-corrected chi connectivity index (χ2v) is 5.03. The quantitative estimate of drug-likeness (QED) is 0.863. The Labute approximate surface area is 119 Å². The van der Waals surface area contributed by atoms with Crippen molar-refractivity contribution in [2.24, 2.45) is 0 Å². The van der Waals surface area contributed by atoms with Crippen LogP contribution in [0.3, 0.4) is 0 Å². The molecule has 0 fully saturated rings. The topological polar surface area (TPSA) is 32.3 Å². The van der Waals surface area contributed by atoms with Crippen LogP contribution in [0.5, 0.6) is 0 Å². The van der Waals surface area contributed by atoms with Gasteiger partial charge in [-0.2, -0.15) is 0 Å². The molecule has 0 aliphatic heterocycles. The van der Waals surface area contributed by atoms with Gasteiger partial charge in [0.05, 0.1) is 0 Å². The minimum Gasteiger partial charge on any atom is -0.396 e. The Morgan fingerprint density at radius 3 is 2.53 bits per heavy atom. The lowest BCUT2D eigenvalue weighted by molar-refractivity contribution is 0.299. The van der Waals surface area contributed by atoms with Crippen LogP contribution in [0.4, 0.5) is 5.69 Å². The summed E-state index contributed by atoms with van der Waals surface area (Å²) in [6.45, 7) is 2.29. The van der Waals surface area contributed by atoms with Crippen LogP contribution >= 0.6 is 11.6 Å². The van der Waals surface area contributed by atoms with Crippen molar-refractivity contribution >= 4 is 17.3 Å². The lowest BCUT2D eigenvalue weighted by atomic mass is 10.1. The van der Waals surface area contributed by atoms with Crippen molar-refractivity contribution in [3.8, 4) is 0 Å².